The largest absolute Gasteiger partial charge is 0.383 e. The van der Waals surface area contributed by atoms with Crippen molar-refractivity contribution in [3.63, 3.8) is 0 Å². The van der Waals surface area contributed by atoms with Crippen LogP contribution < -0.4 is 5.32 Å². The molecule has 1 aromatic rings. The Labute approximate surface area is 125 Å². The molecule has 0 unspecified atom stereocenters. The van der Waals surface area contributed by atoms with Gasteiger partial charge in [0, 0.05) is 25.9 Å². The van der Waals surface area contributed by atoms with Crippen LogP contribution in [0.25, 0.3) is 0 Å². The summed E-state index contributed by atoms with van der Waals surface area (Å²) < 4.78 is 41.7. The Balaban J connectivity index is 1.80. The highest BCUT2D eigenvalue weighted by Gasteiger charge is 2.12. The summed E-state index contributed by atoms with van der Waals surface area (Å²) in [6, 6.07) is 3.95. The van der Waals surface area contributed by atoms with Crippen LogP contribution >= 0.6 is 0 Å². The first-order valence-electron chi connectivity index (χ1n) is 7.00. The molecule has 1 fully saturated rings. The Kier molecular flexibility index (Phi) is 5.55. The third-order valence-electron chi connectivity index (χ3n) is 3.44. The molecule has 1 aliphatic rings. The van der Waals surface area contributed by atoms with E-state index in [1.54, 1.807) is 0 Å². The average Bonchev–Trinajstić information content (AvgIpc) is 2.45. The normalized spacial score (nSPS) is 16.9. The number of hydrogen-bond acceptors (Lipinski definition) is 5. The van der Waals surface area contributed by atoms with Gasteiger partial charge in [0.2, 0.25) is 0 Å². The quantitative estimate of drug-likeness (QED) is 0.803. The molecular weight excluding hydrogens is 295 g/mol. The van der Waals surface area contributed by atoms with E-state index < -0.39 is 15.7 Å². The fourth-order valence-corrected chi connectivity index (χ4v) is 2.85. The van der Waals surface area contributed by atoms with E-state index in [-0.39, 0.29) is 4.90 Å². The van der Waals surface area contributed by atoms with Gasteiger partial charge in [0.25, 0.3) is 0 Å². The minimum atomic E-state index is -3.37. The standard InChI is InChI=1S/C14H21FN2O3S/c1-21(18,19)12-3-4-14(13(15)11-12)16-5-2-6-17-7-9-20-10-8-17/h3-4,11,16H,2,5-10H2,1H3. The summed E-state index contributed by atoms with van der Waals surface area (Å²) >= 11 is 0. The van der Waals surface area contributed by atoms with Crippen LogP contribution in [0.2, 0.25) is 0 Å². The van der Waals surface area contributed by atoms with Gasteiger partial charge < -0.3 is 10.1 Å². The zero-order valence-corrected chi connectivity index (χ0v) is 13.0. The van der Waals surface area contributed by atoms with Crippen LogP contribution in [0.3, 0.4) is 0 Å². The second-order valence-electron chi connectivity index (χ2n) is 5.15. The van der Waals surface area contributed by atoms with Crippen molar-refractivity contribution in [3.8, 4) is 0 Å². The van der Waals surface area contributed by atoms with Crippen LogP contribution in [0.15, 0.2) is 23.1 Å². The first-order chi connectivity index (χ1) is 9.97. The summed E-state index contributed by atoms with van der Waals surface area (Å²) in [6.45, 7) is 5.02. The molecule has 7 heteroatoms. The number of sulfone groups is 1. The van der Waals surface area contributed by atoms with Crippen molar-refractivity contribution in [2.24, 2.45) is 0 Å². The zero-order chi connectivity index (χ0) is 15.3. The van der Waals surface area contributed by atoms with Crippen molar-refractivity contribution in [1.29, 1.82) is 0 Å². The second-order valence-corrected chi connectivity index (χ2v) is 7.16. The molecule has 0 aromatic heterocycles. The smallest absolute Gasteiger partial charge is 0.175 e. The summed E-state index contributed by atoms with van der Waals surface area (Å²) in [5, 5.41) is 3.00. The average molecular weight is 316 g/mol. The van der Waals surface area contributed by atoms with Gasteiger partial charge in [-0.25, -0.2) is 12.8 Å². The molecule has 0 radical (unpaired) electrons. The molecule has 118 valence electrons. The fraction of sp³-hybridized carbons (Fsp3) is 0.571. The minimum absolute atomic E-state index is 0.00105. The Bertz CT molecular complexity index is 572. The van der Waals surface area contributed by atoms with Gasteiger partial charge in [-0.05, 0) is 31.2 Å². The Hall–Kier alpha value is -1.18. The molecule has 0 amide bonds. The van der Waals surface area contributed by atoms with Crippen LogP contribution in [-0.2, 0) is 14.6 Å². The number of benzene rings is 1. The first kappa shape index (κ1) is 16.2. The van der Waals surface area contributed by atoms with Gasteiger partial charge in [-0.15, -0.1) is 0 Å². The molecule has 5 nitrogen and oxygen atoms in total. The first-order valence-corrected chi connectivity index (χ1v) is 8.89. The van der Waals surface area contributed by atoms with Gasteiger partial charge in [0.05, 0.1) is 23.8 Å². The fourth-order valence-electron chi connectivity index (χ4n) is 2.22. The summed E-state index contributed by atoms with van der Waals surface area (Å²) in [6.07, 6.45) is 1.96. The van der Waals surface area contributed by atoms with Crippen molar-refractivity contribution < 1.29 is 17.5 Å². The highest BCUT2D eigenvalue weighted by atomic mass is 32.2. The van der Waals surface area contributed by atoms with Crippen LogP contribution in [0.5, 0.6) is 0 Å². The number of halogens is 1. The summed E-state index contributed by atoms with van der Waals surface area (Å²) in [7, 11) is -3.37. The van der Waals surface area contributed by atoms with Crippen molar-refractivity contribution in [1.82, 2.24) is 4.90 Å². The second kappa shape index (κ2) is 7.20. The molecular formula is C14H21FN2O3S. The summed E-state index contributed by atoms with van der Waals surface area (Å²) in [5.41, 5.74) is 0.337. The molecule has 1 N–H and O–H groups in total. The van der Waals surface area contributed by atoms with E-state index in [1.807, 2.05) is 0 Å². The lowest BCUT2D eigenvalue weighted by Crippen LogP contribution is -2.37. The predicted octanol–water partition coefficient (Wildman–Crippen LogP) is 1.36. The maximum absolute atomic E-state index is 13.8. The highest BCUT2D eigenvalue weighted by Crippen LogP contribution is 2.18. The van der Waals surface area contributed by atoms with Gasteiger partial charge in [-0.1, -0.05) is 0 Å². The minimum Gasteiger partial charge on any atom is -0.383 e. The van der Waals surface area contributed by atoms with Gasteiger partial charge in [-0.3, -0.25) is 4.90 Å². The van der Waals surface area contributed by atoms with E-state index in [1.165, 1.54) is 12.1 Å². The molecule has 1 aromatic carbocycles. The molecule has 0 bridgehead atoms. The molecule has 0 aliphatic carbocycles. The zero-order valence-electron chi connectivity index (χ0n) is 12.1. The maximum atomic E-state index is 13.8. The number of hydrogen-bond donors (Lipinski definition) is 1. The van der Waals surface area contributed by atoms with Gasteiger partial charge in [0.15, 0.2) is 9.84 Å². The summed E-state index contributed by atoms with van der Waals surface area (Å²) in [5.74, 6) is -0.538. The lowest BCUT2D eigenvalue weighted by Gasteiger charge is -2.26. The van der Waals surface area contributed by atoms with E-state index in [0.29, 0.717) is 12.2 Å². The number of nitrogens with one attached hydrogen (secondary N) is 1. The number of rotatable bonds is 6. The lowest BCUT2D eigenvalue weighted by molar-refractivity contribution is 0.0378. The topological polar surface area (TPSA) is 58.6 Å². The van der Waals surface area contributed by atoms with E-state index in [9.17, 15) is 12.8 Å². The molecule has 0 atom stereocenters. The van der Waals surface area contributed by atoms with E-state index in [0.717, 1.165) is 51.6 Å². The highest BCUT2D eigenvalue weighted by molar-refractivity contribution is 7.90. The van der Waals surface area contributed by atoms with Crippen molar-refractivity contribution in [2.75, 3.05) is 51.0 Å². The molecule has 1 heterocycles. The predicted molar refractivity (Wildman–Crippen MR) is 79.9 cm³/mol. The van der Waals surface area contributed by atoms with E-state index >= 15 is 0 Å². The molecule has 1 aliphatic heterocycles. The van der Waals surface area contributed by atoms with Crippen molar-refractivity contribution >= 4 is 15.5 Å². The Morgan fingerprint density at radius 3 is 2.67 bits per heavy atom. The maximum Gasteiger partial charge on any atom is 0.175 e. The van der Waals surface area contributed by atoms with E-state index in [2.05, 4.69) is 10.2 Å². The van der Waals surface area contributed by atoms with Gasteiger partial charge in [0.1, 0.15) is 5.82 Å². The Morgan fingerprint density at radius 2 is 2.05 bits per heavy atom. The number of anilines is 1. The molecule has 1 saturated heterocycles. The lowest BCUT2D eigenvalue weighted by atomic mass is 10.3. The van der Waals surface area contributed by atoms with Crippen molar-refractivity contribution in [2.45, 2.75) is 11.3 Å². The van der Waals surface area contributed by atoms with E-state index in [4.69, 9.17) is 4.74 Å². The molecule has 0 saturated carbocycles. The third kappa shape index (κ3) is 4.94. The molecule has 0 spiro atoms. The van der Waals surface area contributed by atoms with Crippen LogP contribution in [0.4, 0.5) is 10.1 Å². The van der Waals surface area contributed by atoms with Gasteiger partial charge in [-0.2, -0.15) is 0 Å². The number of ether oxygens (including phenoxy) is 1. The SMILES string of the molecule is CS(=O)(=O)c1ccc(NCCCN2CCOCC2)c(F)c1. The monoisotopic (exact) mass is 316 g/mol. The number of morpholine rings is 1. The summed E-state index contributed by atoms with van der Waals surface area (Å²) in [4.78, 5) is 2.31. The van der Waals surface area contributed by atoms with Crippen molar-refractivity contribution in [3.05, 3.63) is 24.0 Å². The van der Waals surface area contributed by atoms with Crippen LogP contribution in [0.1, 0.15) is 6.42 Å². The number of nitrogens with zero attached hydrogens (tertiary/aromatic N) is 1. The van der Waals surface area contributed by atoms with Crippen LogP contribution in [-0.4, -0.2) is 59.0 Å². The van der Waals surface area contributed by atoms with Crippen LogP contribution in [0, 0.1) is 5.82 Å². The Morgan fingerprint density at radius 1 is 1.33 bits per heavy atom. The molecule has 21 heavy (non-hydrogen) atoms. The van der Waals surface area contributed by atoms with Gasteiger partial charge >= 0.3 is 0 Å². The molecule has 2 rings (SSSR count). The third-order valence-corrected chi connectivity index (χ3v) is 4.55.